The monoisotopic (exact) mass is 538 g/mol. The Balaban J connectivity index is 1.59. The van der Waals surface area contributed by atoms with Gasteiger partial charge in [-0.25, -0.2) is 4.68 Å². The lowest BCUT2D eigenvalue weighted by Gasteiger charge is -2.16. The zero-order valence-corrected chi connectivity index (χ0v) is 20.4. The molecule has 3 aromatic carbocycles. The topological polar surface area (TPSA) is 92.2 Å². The van der Waals surface area contributed by atoms with Gasteiger partial charge in [-0.15, -0.1) is 0 Å². The molecule has 4 rings (SSSR count). The average Bonchev–Trinajstić information content (AvgIpc) is 3.18. The summed E-state index contributed by atoms with van der Waals surface area (Å²) in [5.41, 5.74) is 4.66. The van der Waals surface area contributed by atoms with Crippen LogP contribution in [-0.2, 0) is 9.59 Å². The van der Waals surface area contributed by atoms with E-state index in [2.05, 4.69) is 32.0 Å². The fourth-order valence-corrected chi connectivity index (χ4v) is 3.95. The first-order chi connectivity index (χ1) is 16.3. The molecular formula is C25H20BrClN4O3. The normalized spacial score (nSPS) is 11.6. The highest BCUT2D eigenvalue weighted by atomic mass is 79.9. The number of nitrogens with one attached hydrogen (secondary N) is 3. The van der Waals surface area contributed by atoms with Gasteiger partial charge >= 0.3 is 11.8 Å². The molecule has 3 amide bonds. The van der Waals surface area contributed by atoms with Crippen LogP contribution in [0.15, 0.2) is 83.3 Å². The van der Waals surface area contributed by atoms with Crippen molar-refractivity contribution in [1.29, 1.82) is 0 Å². The maximum atomic E-state index is 13.1. The Kier molecular flexibility index (Phi) is 7.00. The number of hydrogen-bond acceptors (Lipinski definition) is 3. The lowest BCUT2D eigenvalue weighted by molar-refractivity contribution is -0.137. The number of carbonyl (C=O) groups is 3. The third-order valence-corrected chi connectivity index (χ3v) is 5.91. The average molecular weight is 540 g/mol. The first-order valence-electron chi connectivity index (χ1n) is 10.4. The Morgan fingerprint density at radius 3 is 2.32 bits per heavy atom. The molecule has 0 unspecified atom stereocenters. The molecule has 1 heterocycles. The lowest BCUT2D eigenvalue weighted by Crippen LogP contribution is -2.40. The van der Waals surface area contributed by atoms with E-state index in [1.165, 1.54) is 4.68 Å². The molecule has 9 heteroatoms. The molecule has 4 aromatic rings. The van der Waals surface area contributed by atoms with Crippen LogP contribution in [0.2, 0.25) is 5.02 Å². The minimum atomic E-state index is -0.899. The number of benzene rings is 3. The predicted octanol–water partition coefficient (Wildman–Crippen LogP) is 5.26. The van der Waals surface area contributed by atoms with Crippen molar-refractivity contribution in [1.82, 2.24) is 9.99 Å². The Morgan fingerprint density at radius 1 is 0.912 bits per heavy atom. The molecule has 0 bridgehead atoms. The zero-order valence-electron chi connectivity index (χ0n) is 18.0. The first kappa shape index (κ1) is 23.5. The maximum Gasteiger partial charge on any atom is 0.328 e. The molecule has 0 aliphatic heterocycles. The number of rotatable bonds is 5. The molecule has 0 aliphatic rings. The van der Waals surface area contributed by atoms with E-state index in [9.17, 15) is 14.4 Å². The summed E-state index contributed by atoms with van der Waals surface area (Å²) in [6.07, 6.45) is 0. The molecule has 172 valence electrons. The van der Waals surface area contributed by atoms with Crippen molar-refractivity contribution < 1.29 is 14.4 Å². The van der Waals surface area contributed by atoms with Gasteiger partial charge in [-0.3, -0.25) is 19.8 Å². The Hall–Kier alpha value is -3.62. The number of aromatic nitrogens is 1. The van der Waals surface area contributed by atoms with E-state index >= 15 is 0 Å². The molecule has 0 radical (unpaired) electrons. The van der Waals surface area contributed by atoms with Crippen LogP contribution in [-0.4, -0.2) is 22.4 Å². The molecule has 0 aliphatic carbocycles. The Morgan fingerprint density at radius 2 is 1.62 bits per heavy atom. The molecule has 34 heavy (non-hydrogen) atoms. The van der Waals surface area contributed by atoms with Gasteiger partial charge in [-0.1, -0.05) is 57.9 Å². The van der Waals surface area contributed by atoms with Crippen molar-refractivity contribution >= 4 is 61.8 Å². The highest BCUT2D eigenvalue weighted by Crippen LogP contribution is 2.24. The number of fused-ring (bicyclic) bond motifs is 1. The van der Waals surface area contributed by atoms with Crippen molar-refractivity contribution in [3.63, 3.8) is 0 Å². The molecule has 1 atom stereocenters. The van der Waals surface area contributed by atoms with Crippen LogP contribution in [0.3, 0.4) is 0 Å². The molecule has 7 nitrogen and oxygen atoms in total. The van der Waals surface area contributed by atoms with E-state index in [0.717, 1.165) is 10.0 Å². The SMILES string of the molecule is C[C@@H](NC(=O)C(=O)Nn1c(C(=O)Nc2ccc(Cl)cc2)cc2cc(Br)ccc21)c1ccccc1. The highest BCUT2D eigenvalue weighted by Gasteiger charge is 2.22. The lowest BCUT2D eigenvalue weighted by atomic mass is 10.1. The number of hydrogen-bond donors (Lipinski definition) is 3. The van der Waals surface area contributed by atoms with E-state index in [0.29, 0.717) is 21.6 Å². The number of carbonyl (C=O) groups excluding carboxylic acids is 3. The predicted molar refractivity (Wildman–Crippen MR) is 136 cm³/mol. The molecule has 1 aromatic heterocycles. The van der Waals surface area contributed by atoms with Gasteiger partial charge in [-0.05, 0) is 61.0 Å². The second-order valence-electron chi connectivity index (χ2n) is 7.58. The van der Waals surface area contributed by atoms with Crippen LogP contribution >= 0.6 is 27.5 Å². The molecule has 0 saturated carbocycles. The summed E-state index contributed by atoms with van der Waals surface area (Å²) in [5.74, 6) is -2.18. The summed E-state index contributed by atoms with van der Waals surface area (Å²) in [6, 6.07) is 22.5. The third-order valence-electron chi connectivity index (χ3n) is 5.17. The van der Waals surface area contributed by atoms with Gasteiger partial charge in [0.25, 0.3) is 5.91 Å². The van der Waals surface area contributed by atoms with E-state index in [1.807, 2.05) is 36.4 Å². The van der Waals surface area contributed by atoms with Crippen molar-refractivity contribution in [2.24, 2.45) is 0 Å². The van der Waals surface area contributed by atoms with Crippen molar-refractivity contribution in [2.45, 2.75) is 13.0 Å². The van der Waals surface area contributed by atoms with E-state index in [-0.39, 0.29) is 11.7 Å². The van der Waals surface area contributed by atoms with Crippen molar-refractivity contribution in [3.8, 4) is 0 Å². The fraction of sp³-hybridized carbons (Fsp3) is 0.0800. The van der Waals surface area contributed by atoms with Crippen molar-refractivity contribution in [2.75, 3.05) is 10.7 Å². The van der Waals surface area contributed by atoms with Gasteiger partial charge in [-0.2, -0.15) is 0 Å². The van der Waals surface area contributed by atoms with Crippen LogP contribution < -0.4 is 16.1 Å². The molecule has 3 N–H and O–H groups in total. The van der Waals surface area contributed by atoms with Gasteiger partial charge in [0.2, 0.25) is 0 Å². The Bertz CT molecular complexity index is 1370. The fourth-order valence-electron chi connectivity index (χ4n) is 3.44. The summed E-state index contributed by atoms with van der Waals surface area (Å²) >= 11 is 9.33. The van der Waals surface area contributed by atoms with Crippen molar-refractivity contribution in [3.05, 3.63) is 99.6 Å². The maximum absolute atomic E-state index is 13.1. The second-order valence-corrected chi connectivity index (χ2v) is 8.93. The first-order valence-corrected chi connectivity index (χ1v) is 11.5. The number of anilines is 1. The summed E-state index contributed by atoms with van der Waals surface area (Å²) in [5, 5.41) is 6.69. The van der Waals surface area contributed by atoms with E-state index < -0.39 is 17.7 Å². The smallest absolute Gasteiger partial charge is 0.328 e. The van der Waals surface area contributed by atoms with Gasteiger partial charge < -0.3 is 10.6 Å². The van der Waals surface area contributed by atoms with Gasteiger partial charge in [0.05, 0.1) is 11.6 Å². The summed E-state index contributed by atoms with van der Waals surface area (Å²) in [7, 11) is 0. The standard InChI is InChI=1S/C25H20BrClN4O3/c1-15(16-5-3-2-4-6-16)28-24(33)25(34)30-31-21-12-7-18(26)13-17(21)14-22(31)23(32)29-20-10-8-19(27)9-11-20/h2-15H,1H3,(H,28,33)(H,29,32)(H,30,34)/t15-/m1/s1. The van der Waals surface area contributed by atoms with E-state index in [4.69, 9.17) is 11.6 Å². The van der Waals surface area contributed by atoms with Gasteiger partial charge in [0.15, 0.2) is 0 Å². The number of amides is 3. The highest BCUT2D eigenvalue weighted by molar-refractivity contribution is 9.10. The van der Waals surface area contributed by atoms with E-state index in [1.54, 1.807) is 49.4 Å². The summed E-state index contributed by atoms with van der Waals surface area (Å²) in [6.45, 7) is 1.79. The zero-order chi connectivity index (χ0) is 24.2. The van der Waals surface area contributed by atoms with Crippen LogP contribution in [0.1, 0.15) is 29.0 Å². The van der Waals surface area contributed by atoms with Crippen LogP contribution in [0, 0.1) is 0 Å². The number of halogens is 2. The van der Waals surface area contributed by atoms with Crippen LogP contribution in [0.25, 0.3) is 10.9 Å². The second kappa shape index (κ2) is 10.1. The minimum absolute atomic E-state index is 0.153. The summed E-state index contributed by atoms with van der Waals surface area (Å²) in [4.78, 5) is 38.4. The van der Waals surface area contributed by atoms with Crippen LogP contribution in [0.5, 0.6) is 0 Å². The van der Waals surface area contributed by atoms with Gasteiger partial charge in [0.1, 0.15) is 5.69 Å². The van der Waals surface area contributed by atoms with Crippen LogP contribution in [0.4, 0.5) is 5.69 Å². The third kappa shape index (κ3) is 5.30. The largest absolute Gasteiger partial charge is 0.341 e. The summed E-state index contributed by atoms with van der Waals surface area (Å²) < 4.78 is 2.12. The Labute approximate surface area is 209 Å². The van der Waals surface area contributed by atoms with Gasteiger partial charge in [0, 0.05) is 20.6 Å². The molecular weight excluding hydrogens is 520 g/mol. The molecule has 0 fully saturated rings. The quantitative estimate of drug-likeness (QED) is 0.302. The molecule has 0 spiro atoms. The number of nitrogens with zero attached hydrogens (tertiary/aromatic N) is 1. The minimum Gasteiger partial charge on any atom is -0.341 e. The molecule has 0 saturated heterocycles.